The highest BCUT2D eigenvalue weighted by atomic mass is 16.5. The second-order valence-electron chi connectivity index (χ2n) is 5.12. The van der Waals surface area contributed by atoms with E-state index in [1.54, 1.807) is 6.26 Å². The van der Waals surface area contributed by atoms with Crippen molar-refractivity contribution in [3.8, 4) is 0 Å². The van der Waals surface area contributed by atoms with Crippen molar-refractivity contribution >= 4 is 0 Å². The molecule has 0 aliphatic rings. The molecule has 0 unspecified atom stereocenters. The van der Waals surface area contributed by atoms with Gasteiger partial charge in [-0.05, 0) is 24.9 Å². The highest BCUT2D eigenvalue weighted by Gasteiger charge is 2.02. The predicted octanol–water partition coefficient (Wildman–Crippen LogP) is 2.97. The van der Waals surface area contributed by atoms with Gasteiger partial charge >= 0.3 is 0 Å². The quantitative estimate of drug-likeness (QED) is 0.627. The van der Waals surface area contributed by atoms with E-state index in [0.717, 1.165) is 31.9 Å². The molecule has 0 amide bonds. The van der Waals surface area contributed by atoms with Crippen molar-refractivity contribution in [1.82, 2.24) is 5.32 Å². The van der Waals surface area contributed by atoms with Gasteiger partial charge in [0.25, 0.3) is 0 Å². The molecule has 0 aromatic carbocycles. The number of rotatable bonds is 11. The minimum absolute atomic E-state index is 0.513. The largest absolute Gasteiger partial charge is 0.467 e. The Kier molecular flexibility index (Phi) is 8.54. The fourth-order valence-electron chi connectivity index (χ4n) is 1.61. The van der Waals surface area contributed by atoms with Crippen LogP contribution in [0.3, 0.4) is 0 Å². The molecule has 19 heavy (non-hydrogen) atoms. The van der Waals surface area contributed by atoms with Crippen LogP contribution in [0.4, 0.5) is 0 Å². The predicted molar refractivity (Wildman–Crippen MR) is 76.0 cm³/mol. The molecule has 110 valence electrons. The van der Waals surface area contributed by atoms with Crippen LogP contribution in [-0.4, -0.2) is 26.4 Å². The first-order valence-corrected chi connectivity index (χ1v) is 7.14. The fourth-order valence-corrected chi connectivity index (χ4v) is 1.61. The first-order chi connectivity index (χ1) is 9.22. The van der Waals surface area contributed by atoms with Gasteiger partial charge in [-0.3, -0.25) is 0 Å². The summed E-state index contributed by atoms with van der Waals surface area (Å²) in [6, 6.07) is 2.04. The van der Waals surface area contributed by atoms with Gasteiger partial charge in [0.2, 0.25) is 0 Å². The van der Waals surface area contributed by atoms with Gasteiger partial charge in [0.15, 0.2) is 0 Å². The second kappa shape index (κ2) is 10.0. The first-order valence-electron chi connectivity index (χ1n) is 7.14. The molecule has 0 atom stereocenters. The molecule has 1 N–H and O–H groups in total. The van der Waals surface area contributed by atoms with Crippen LogP contribution in [0.1, 0.15) is 38.5 Å². The van der Waals surface area contributed by atoms with Crippen molar-refractivity contribution in [3.63, 3.8) is 0 Å². The first kappa shape index (κ1) is 16.2. The Morgan fingerprint density at radius 3 is 2.79 bits per heavy atom. The van der Waals surface area contributed by atoms with Crippen molar-refractivity contribution in [2.45, 2.75) is 40.3 Å². The van der Waals surface area contributed by atoms with Gasteiger partial charge in [-0.2, -0.15) is 0 Å². The highest BCUT2D eigenvalue weighted by molar-refractivity contribution is 5.11. The maximum Gasteiger partial charge on any atom is 0.129 e. The summed E-state index contributed by atoms with van der Waals surface area (Å²) in [5.41, 5.74) is 1.17. The van der Waals surface area contributed by atoms with Gasteiger partial charge in [-0.1, -0.05) is 20.8 Å². The fraction of sp³-hybridized carbons (Fsp3) is 0.733. The summed E-state index contributed by atoms with van der Waals surface area (Å²) in [7, 11) is 0. The van der Waals surface area contributed by atoms with E-state index in [0.29, 0.717) is 25.7 Å². The van der Waals surface area contributed by atoms with Crippen molar-refractivity contribution in [3.05, 3.63) is 23.7 Å². The summed E-state index contributed by atoms with van der Waals surface area (Å²) in [6.07, 6.45) is 2.93. The lowest BCUT2D eigenvalue weighted by molar-refractivity contribution is 0.0264. The Bertz CT molecular complexity index is 323. The molecule has 0 spiro atoms. The summed E-state index contributed by atoms with van der Waals surface area (Å²) in [5, 5.41) is 3.34. The van der Waals surface area contributed by atoms with Gasteiger partial charge in [0.1, 0.15) is 12.4 Å². The van der Waals surface area contributed by atoms with Gasteiger partial charge in [-0.25, -0.2) is 0 Å². The van der Waals surface area contributed by atoms with Crippen LogP contribution in [0, 0.1) is 5.92 Å². The van der Waals surface area contributed by atoms with Gasteiger partial charge in [0.05, 0.1) is 19.5 Å². The van der Waals surface area contributed by atoms with E-state index >= 15 is 0 Å². The molecule has 4 heteroatoms. The van der Waals surface area contributed by atoms with Crippen molar-refractivity contribution in [1.29, 1.82) is 0 Å². The smallest absolute Gasteiger partial charge is 0.129 e. The van der Waals surface area contributed by atoms with Crippen molar-refractivity contribution < 1.29 is 13.9 Å². The SMILES string of the molecule is CCCNCc1coc(COCCOCC(C)C)c1. The number of furan rings is 1. The number of hydrogen-bond acceptors (Lipinski definition) is 4. The molecule has 1 aromatic heterocycles. The van der Waals surface area contributed by atoms with E-state index in [9.17, 15) is 0 Å². The zero-order valence-electron chi connectivity index (χ0n) is 12.4. The zero-order chi connectivity index (χ0) is 13.9. The molecular weight excluding hydrogens is 242 g/mol. The third-order valence-electron chi connectivity index (χ3n) is 2.53. The molecule has 0 aliphatic heterocycles. The summed E-state index contributed by atoms with van der Waals surface area (Å²) in [4.78, 5) is 0. The lowest BCUT2D eigenvalue weighted by atomic mass is 10.2. The summed E-state index contributed by atoms with van der Waals surface area (Å²) >= 11 is 0. The lowest BCUT2D eigenvalue weighted by Crippen LogP contribution is -2.13. The molecule has 1 aromatic rings. The second-order valence-corrected chi connectivity index (χ2v) is 5.12. The molecular formula is C15H27NO3. The minimum Gasteiger partial charge on any atom is -0.467 e. The van der Waals surface area contributed by atoms with E-state index in [4.69, 9.17) is 13.9 Å². The Balaban J connectivity index is 2.06. The standard InChI is InChI=1S/C15H27NO3/c1-4-5-16-9-14-8-15(19-11-14)12-18-7-6-17-10-13(2)3/h8,11,13,16H,4-7,9-10,12H2,1-3H3. The van der Waals surface area contributed by atoms with Gasteiger partial charge in [-0.15, -0.1) is 0 Å². The monoisotopic (exact) mass is 269 g/mol. The van der Waals surface area contributed by atoms with E-state index in [1.807, 2.05) is 6.07 Å². The molecule has 0 bridgehead atoms. The van der Waals surface area contributed by atoms with Crippen LogP contribution in [-0.2, 0) is 22.6 Å². The molecule has 0 aliphatic carbocycles. The maximum absolute atomic E-state index is 5.50. The topological polar surface area (TPSA) is 43.6 Å². The average molecular weight is 269 g/mol. The van der Waals surface area contributed by atoms with Gasteiger partial charge in [0, 0.05) is 18.7 Å². The third kappa shape index (κ3) is 8.03. The van der Waals surface area contributed by atoms with E-state index < -0.39 is 0 Å². The zero-order valence-corrected chi connectivity index (χ0v) is 12.4. The highest BCUT2D eigenvalue weighted by Crippen LogP contribution is 2.08. The molecule has 0 radical (unpaired) electrons. The van der Waals surface area contributed by atoms with E-state index in [2.05, 4.69) is 26.1 Å². The Morgan fingerprint density at radius 1 is 1.26 bits per heavy atom. The van der Waals surface area contributed by atoms with Crippen LogP contribution in [0.2, 0.25) is 0 Å². The van der Waals surface area contributed by atoms with Crippen LogP contribution in [0.5, 0.6) is 0 Å². The van der Waals surface area contributed by atoms with Crippen LogP contribution < -0.4 is 5.32 Å². The summed E-state index contributed by atoms with van der Waals surface area (Å²) < 4.78 is 16.4. The summed E-state index contributed by atoms with van der Waals surface area (Å²) in [6.45, 7) is 10.9. The number of nitrogens with one attached hydrogen (secondary N) is 1. The molecule has 0 saturated heterocycles. The molecule has 0 fully saturated rings. The Hall–Kier alpha value is -0.840. The Morgan fingerprint density at radius 2 is 2.05 bits per heavy atom. The lowest BCUT2D eigenvalue weighted by Gasteiger charge is -2.06. The molecule has 0 saturated carbocycles. The molecule has 1 heterocycles. The number of hydrogen-bond donors (Lipinski definition) is 1. The molecule has 4 nitrogen and oxygen atoms in total. The molecule has 1 rings (SSSR count). The Labute approximate surface area is 116 Å². The number of ether oxygens (including phenoxy) is 2. The third-order valence-corrected chi connectivity index (χ3v) is 2.53. The van der Waals surface area contributed by atoms with Crippen LogP contribution in [0.15, 0.2) is 16.7 Å². The van der Waals surface area contributed by atoms with Crippen LogP contribution in [0.25, 0.3) is 0 Å². The summed E-state index contributed by atoms with van der Waals surface area (Å²) in [5.74, 6) is 1.44. The minimum atomic E-state index is 0.513. The van der Waals surface area contributed by atoms with Crippen LogP contribution >= 0.6 is 0 Å². The van der Waals surface area contributed by atoms with Gasteiger partial charge < -0.3 is 19.2 Å². The van der Waals surface area contributed by atoms with Crippen molar-refractivity contribution in [2.24, 2.45) is 5.92 Å². The van der Waals surface area contributed by atoms with E-state index in [1.165, 1.54) is 5.56 Å². The normalized spacial score (nSPS) is 11.4. The average Bonchev–Trinajstić information content (AvgIpc) is 2.81. The van der Waals surface area contributed by atoms with Crippen molar-refractivity contribution in [2.75, 3.05) is 26.4 Å². The van der Waals surface area contributed by atoms with E-state index in [-0.39, 0.29) is 0 Å². The maximum atomic E-state index is 5.50.